The van der Waals surface area contributed by atoms with Crippen molar-refractivity contribution in [3.05, 3.63) is 0 Å². The fraction of sp³-hybridized carbons (Fsp3) is 0.818. The van der Waals surface area contributed by atoms with Crippen LogP contribution in [0.5, 0.6) is 0 Å². The third-order valence-electron chi connectivity index (χ3n) is 2.75. The maximum atomic E-state index is 11.4. The predicted octanol–water partition coefficient (Wildman–Crippen LogP) is 1.01. The summed E-state index contributed by atoms with van der Waals surface area (Å²) in [6.45, 7) is 0. The Labute approximate surface area is 99.7 Å². The fourth-order valence-electron chi connectivity index (χ4n) is 1.77. The van der Waals surface area contributed by atoms with E-state index in [-0.39, 0.29) is 24.5 Å². The van der Waals surface area contributed by atoms with Gasteiger partial charge in [0.1, 0.15) is 12.2 Å². The quantitative estimate of drug-likeness (QED) is 0.579. The Morgan fingerprint density at radius 1 is 1.56 bits per heavy atom. The first-order valence-electron chi connectivity index (χ1n) is 5.47. The first-order chi connectivity index (χ1) is 7.63. The van der Waals surface area contributed by atoms with Crippen LogP contribution in [0.15, 0.2) is 0 Å². The summed E-state index contributed by atoms with van der Waals surface area (Å²) < 4.78 is 4.40. The van der Waals surface area contributed by atoms with E-state index in [4.69, 9.17) is 0 Å². The number of aliphatic hydroxyl groups is 1. The van der Waals surface area contributed by atoms with Gasteiger partial charge in [-0.25, -0.2) is 0 Å². The minimum absolute atomic E-state index is 0.0698. The fourth-order valence-corrected chi connectivity index (χ4v) is 3.00. The van der Waals surface area contributed by atoms with Crippen molar-refractivity contribution in [1.82, 2.24) is 0 Å². The molecule has 0 aromatic rings. The Balaban J connectivity index is 2.29. The van der Waals surface area contributed by atoms with Crippen LogP contribution in [0.25, 0.3) is 0 Å². The van der Waals surface area contributed by atoms with E-state index in [9.17, 15) is 14.7 Å². The van der Waals surface area contributed by atoms with Crippen molar-refractivity contribution in [2.45, 2.75) is 31.8 Å². The number of aliphatic hydroxyl groups excluding tert-OH is 1. The van der Waals surface area contributed by atoms with Crippen molar-refractivity contribution in [1.29, 1.82) is 0 Å². The second-order valence-corrected chi connectivity index (χ2v) is 5.19. The summed E-state index contributed by atoms with van der Waals surface area (Å²) >= 11 is 1.81. The number of ether oxygens (including phenoxy) is 1. The smallest absolute Gasteiger partial charge is 0.313 e. The summed E-state index contributed by atoms with van der Waals surface area (Å²) in [5.41, 5.74) is 0. The van der Waals surface area contributed by atoms with Crippen LogP contribution in [-0.4, -0.2) is 41.6 Å². The van der Waals surface area contributed by atoms with Crippen LogP contribution in [0.4, 0.5) is 0 Å². The molecule has 0 aliphatic carbocycles. The number of thioether (sulfide) groups is 1. The average Bonchev–Trinajstić information content (AvgIpc) is 2.29. The lowest BCUT2D eigenvalue weighted by Gasteiger charge is -2.25. The van der Waals surface area contributed by atoms with Crippen LogP contribution in [0.1, 0.15) is 25.7 Å². The van der Waals surface area contributed by atoms with Gasteiger partial charge in [0.05, 0.1) is 13.2 Å². The standard InChI is InChI=1S/C11H18O4S/c1-15-11(14)6-9(12)5-10(13)8-3-2-4-16-7-8/h8,10,13H,2-7H2,1H3. The van der Waals surface area contributed by atoms with Crippen molar-refractivity contribution >= 4 is 23.5 Å². The van der Waals surface area contributed by atoms with Crippen molar-refractivity contribution in [3.63, 3.8) is 0 Å². The van der Waals surface area contributed by atoms with Gasteiger partial charge in [0.25, 0.3) is 0 Å². The largest absolute Gasteiger partial charge is 0.469 e. The minimum Gasteiger partial charge on any atom is -0.469 e. The number of rotatable bonds is 5. The molecule has 16 heavy (non-hydrogen) atoms. The van der Waals surface area contributed by atoms with E-state index < -0.39 is 12.1 Å². The van der Waals surface area contributed by atoms with E-state index >= 15 is 0 Å². The molecular weight excluding hydrogens is 228 g/mol. The van der Waals surface area contributed by atoms with Crippen molar-refractivity contribution < 1.29 is 19.4 Å². The molecule has 4 nitrogen and oxygen atoms in total. The number of hydrogen-bond acceptors (Lipinski definition) is 5. The van der Waals surface area contributed by atoms with Crippen LogP contribution in [-0.2, 0) is 14.3 Å². The Morgan fingerprint density at radius 3 is 2.88 bits per heavy atom. The molecule has 0 amide bonds. The van der Waals surface area contributed by atoms with E-state index in [1.165, 1.54) is 7.11 Å². The van der Waals surface area contributed by atoms with Gasteiger partial charge < -0.3 is 9.84 Å². The average molecular weight is 246 g/mol. The normalized spacial score (nSPS) is 22.5. The molecule has 2 atom stereocenters. The highest BCUT2D eigenvalue weighted by Crippen LogP contribution is 2.26. The van der Waals surface area contributed by atoms with Gasteiger partial charge in [0, 0.05) is 6.42 Å². The number of methoxy groups -OCH3 is 1. The summed E-state index contributed by atoms with van der Waals surface area (Å²) in [4.78, 5) is 22.2. The van der Waals surface area contributed by atoms with Gasteiger partial charge in [-0.15, -0.1) is 0 Å². The van der Waals surface area contributed by atoms with E-state index in [2.05, 4.69) is 4.74 Å². The molecule has 1 aliphatic heterocycles. The van der Waals surface area contributed by atoms with Crippen LogP contribution in [0.2, 0.25) is 0 Å². The lowest BCUT2D eigenvalue weighted by Crippen LogP contribution is -2.28. The zero-order valence-electron chi connectivity index (χ0n) is 9.48. The SMILES string of the molecule is COC(=O)CC(=O)CC(O)C1CCCSC1. The third kappa shape index (κ3) is 4.53. The lowest BCUT2D eigenvalue weighted by molar-refractivity contribution is -0.143. The lowest BCUT2D eigenvalue weighted by atomic mass is 9.94. The summed E-state index contributed by atoms with van der Waals surface area (Å²) in [5, 5.41) is 9.84. The number of carbonyl (C=O) groups is 2. The summed E-state index contributed by atoms with van der Waals surface area (Å²) in [6, 6.07) is 0. The van der Waals surface area contributed by atoms with Crippen molar-refractivity contribution in [2.24, 2.45) is 5.92 Å². The molecule has 1 heterocycles. The molecule has 0 aromatic carbocycles. The summed E-state index contributed by atoms with van der Waals surface area (Å²) in [5.74, 6) is 1.47. The van der Waals surface area contributed by atoms with E-state index in [0.717, 1.165) is 24.3 Å². The second-order valence-electron chi connectivity index (χ2n) is 4.04. The Hall–Kier alpha value is -0.550. The summed E-state index contributed by atoms with van der Waals surface area (Å²) in [7, 11) is 1.25. The molecular formula is C11H18O4S. The van der Waals surface area contributed by atoms with E-state index in [1.807, 2.05) is 11.8 Å². The number of esters is 1. The molecule has 5 heteroatoms. The molecule has 2 unspecified atom stereocenters. The first-order valence-corrected chi connectivity index (χ1v) is 6.63. The molecule has 1 N–H and O–H groups in total. The van der Waals surface area contributed by atoms with Gasteiger partial charge in [-0.1, -0.05) is 0 Å². The molecule has 1 fully saturated rings. The Bertz CT molecular complexity index is 248. The molecule has 92 valence electrons. The van der Waals surface area contributed by atoms with E-state index in [0.29, 0.717) is 0 Å². The number of Topliss-reactive ketones (excluding diaryl/α,β-unsaturated/α-hetero) is 1. The zero-order chi connectivity index (χ0) is 12.0. The van der Waals surface area contributed by atoms with E-state index in [1.54, 1.807) is 0 Å². The maximum absolute atomic E-state index is 11.4. The Kier molecular flexibility index (Phi) is 5.84. The predicted molar refractivity (Wildman–Crippen MR) is 62.3 cm³/mol. The highest BCUT2D eigenvalue weighted by molar-refractivity contribution is 7.99. The molecule has 1 aliphatic rings. The number of carbonyl (C=O) groups excluding carboxylic acids is 2. The molecule has 0 aromatic heterocycles. The van der Waals surface area contributed by atoms with Crippen molar-refractivity contribution in [2.75, 3.05) is 18.6 Å². The highest BCUT2D eigenvalue weighted by atomic mass is 32.2. The summed E-state index contributed by atoms with van der Waals surface area (Å²) in [6.07, 6.45) is 1.30. The molecule has 0 bridgehead atoms. The topological polar surface area (TPSA) is 63.6 Å². The van der Waals surface area contributed by atoms with Crippen LogP contribution < -0.4 is 0 Å². The van der Waals surface area contributed by atoms with Gasteiger partial charge in [-0.05, 0) is 30.3 Å². The number of hydrogen-bond donors (Lipinski definition) is 1. The maximum Gasteiger partial charge on any atom is 0.313 e. The number of ketones is 1. The Morgan fingerprint density at radius 2 is 2.31 bits per heavy atom. The molecule has 1 saturated heterocycles. The first kappa shape index (κ1) is 13.5. The van der Waals surface area contributed by atoms with Crippen LogP contribution >= 0.6 is 11.8 Å². The molecule has 0 radical (unpaired) electrons. The molecule has 0 spiro atoms. The van der Waals surface area contributed by atoms with Crippen LogP contribution in [0.3, 0.4) is 0 Å². The van der Waals surface area contributed by atoms with Gasteiger partial charge in [-0.3, -0.25) is 9.59 Å². The van der Waals surface area contributed by atoms with Gasteiger partial charge in [0.2, 0.25) is 0 Å². The molecule has 0 saturated carbocycles. The van der Waals surface area contributed by atoms with Gasteiger partial charge in [0.15, 0.2) is 0 Å². The second kappa shape index (κ2) is 6.91. The van der Waals surface area contributed by atoms with Crippen LogP contribution in [0, 0.1) is 5.92 Å². The van der Waals surface area contributed by atoms with Gasteiger partial charge in [-0.2, -0.15) is 11.8 Å². The zero-order valence-corrected chi connectivity index (χ0v) is 10.3. The minimum atomic E-state index is -0.607. The third-order valence-corrected chi connectivity index (χ3v) is 3.99. The van der Waals surface area contributed by atoms with Gasteiger partial charge >= 0.3 is 5.97 Å². The monoisotopic (exact) mass is 246 g/mol. The van der Waals surface area contributed by atoms with Crippen molar-refractivity contribution in [3.8, 4) is 0 Å². The molecule has 1 rings (SSSR count). The highest BCUT2D eigenvalue weighted by Gasteiger charge is 2.24.